The van der Waals surface area contributed by atoms with Gasteiger partial charge in [0.05, 0.1) is 11.1 Å². The zero-order valence-corrected chi connectivity index (χ0v) is 14.4. The summed E-state index contributed by atoms with van der Waals surface area (Å²) in [6.07, 6.45) is 1.08. The quantitative estimate of drug-likeness (QED) is 0.716. The van der Waals surface area contributed by atoms with Gasteiger partial charge < -0.3 is 5.73 Å². The molecule has 0 amide bonds. The molecule has 0 bridgehead atoms. The van der Waals surface area contributed by atoms with E-state index >= 15 is 0 Å². The first-order valence-corrected chi connectivity index (χ1v) is 9.29. The highest BCUT2D eigenvalue weighted by Crippen LogP contribution is 2.37. The van der Waals surface area contributed by atoms with Crippen LogP contribution < -0.4 is 5.73 Å². The van der Waals surface area contributed by atoms with Gasteiger partial charge >= 0.3 is 0 Å². The Hall–Kier alpha value is -0.0700. The van der Waals surface area contributed by atoms with Crippen LogP contribution in [0.2, 0.25) is 5.02 Å². The monoisotopic (exact) mass is 391 g/mol. The van der Waals surface area contributed by atoms with Crippen molar-refractivity contribution in [3.8, 4) is 0 Å². The molecule has 2 N–H and O–H groups in total. The molecule has 0 aliphatic carbocycles. The lowest BCUT2D eigenvalue weighted by Crippen LogP contribution is -2.12. The number of fused-ring (bicyclic) bond motifs is 1. The first kappa shape index (κ1) is 14.9. The molecular weight excluding hydrogens is 381 g/mol. The average Bonchev–Trinajstić information content (AvgIpc) is 2.86. The molecule has 3 rings (SSSR count). The predicted octanol–water partition coefficient (Wildman–Crippen LogP) is 5.14. The van der Waals surface area contributed by atoms with Gasteiger partial charge in [0.15, 0.2) is 0 Å². The van der Waals surface area contributed by atoms with Gasteiger partial charge in [-0.3, -0.25) is 0 Å². The standard InChI is InChI=1S/C14H12BrClFNS2/c15-9-5-11(17)8(4-10(9)16)14(18)13-3-7-6-19-2-1-12(7)20-13/h3-5,14H,1-2,6,18H2. The zero-order valence-electron chi connectivity index (χ0n) is 10.5. The summed E-state index contributed by atoms with van der Waals surface area (Å²) in [5.74, 6) is 1.86. The van der Waals surface area contributed by atoms with E-state index in [2.05, 4.69) is 22.0 Å². The fourth-order valence-corrected chi connectivity index (χ4v) is 5.14. The van der Waals surface area contributed by atoms with E-state index in [4.69, 9.17) is 17.3 Å². The molecule has 6 heteroatoms. The molecule has 0 saturated heterocycles. The summed E-state index contributed by atoms with van der Waals surface area (Å²) < 4.78 is 14.6. The van der Waals surface area contributed by atoms with Crippen LogP contribution in [0.3, 0.4) is 0 Å². The molecule has 0 spiro atoms. The van der Waals surface area contributed by atoms with Crippen LogP contribution in [0.15, 0.2) is 22.7 Å². The summed E-state index contributed by atoms with van der Waals surface area (Å²) in [4.78, 5) is 2.40. The molecule has 1 aromatic heterocycles. The molecule has 0 fully saturated rings. The number of thiophene rings is 1. The normalized spacial score (nSPS) is 16.0. The number of aryl methyl sites for hydroxylation is 1. The van der Waals surface area contributed by atoms with Gasteiger partial charge in [-0.15, -0.1) is 11.3 Å². The number of nitrogens with two attached hydrogens (primary N) is 1. The van der Waals surface area contributed by atoms with Crippen LogP contribution >= 0.6 is 50.6 Å². The van der Waals surface area contributed by atoms with Gasteiger partial charge in [0.25, 0.3) is 0 Å². The maximum Gasteiger partial charge on any atom is 0.129 e. The highest BCUT2D eigenvalue weighted by molar-refractivity contribution is 9.10. The Balaban J connectivity index is 1.98. The van der Waals surface area contributed by atoms with Crippen molar-refractivity contribution in [2.75, 3.05) is 5.75 Å². The van der Waals surface area contributed by atoms with Crippen LogP contribution in [0.1, 0.15) is 26.9 Å². The van der Waals surface area contributed by atoms with Gasteiger partial charge in [-0.2, -0.15) is 11.8 Å². The van der Waals surface area contributed by atoms with Gasteiger partial charge in [-0.05, 0) is 51.9 Å². The van der Waals surface area contributed by atoms with Crippen LogP contribution in [-0.2, 0) is 12.2 Å². The molecule has 2 heterocycles. The summed E-state index contributed by atoms with van der Waals surface area (Å²) in [6.45, 7) is 0. The lowest BCUT2D eigenvalue weighted by Gasteiger charge is -2.12. The van der Waals surface area contributed by atoms with Crippen molar-refractivity contribution < 1.29 is 4.39 Å². The van der Waals surface area contributed by atoms with Crippen LogP contribution in [0.4, 0.5) is 4.39 Å². The van der Waals surface area contributed by atoms with Crippen LogP contribution in [0.5, 0.6) is 0 Å². The van der Waals surface area contributed by atoms with E-state index in [-0.39, 0.29) is 5.82 Å². The summed E-state index contributed by atoms with van der Waals surface area (Å²) in [6, 6.07) is 4.65. The Morgan fingerprint density at radius 2 is 2.15 bits per heavy atom. The molecule has 1 aliphatic rings. The Morgan fingerprint density at radius 3 is 2.90 bits per heavy atom. The van der Waals surface area contributed by atoms with E-state index in [1.165, 1.54) is 16.5 Å². The molecule has 1 aromatic carbocycles. The Bertz CT molecular complexity index is 635. The zero-order chi connectivity index (χ0) is 14.3. The second-order valence-corrected chi connectivity index (χ2v) is 8.20. The lowest BCUT2D eigenvalue weighted by atomic mass is 10.0. The maximum absolute atomic E-state index is 14.1. The largest absolute Gasteiger partial charge is 0.320 e. The van der Waals surface area contributed by atoms with E-state index in [9.17, 15) is 4.39 Å². The molecule has 1 atom stereocenters. The number of halogens is 3. The maximum atomic E-state index is 14.1. The number of hydrogen-bond donors (Lipinski definition) is 1. The average molecular weight is 393 g/mol. The number of thioether (sulfide) groups is 1. The molecule has 20 heavy (non-hydrogen) atoms. The first-order valence-electron chi connectivity index (χ1n) is 6.15. The van der Waals surface area contributed by atoms with Gasteiger partial charge in [-0.1, -0.05) is 11.6 Å². The number of hydrogen-bond acceptors (Lipinski definition) is 3. The number of benzene rings is 1. The summed E-state index contributed by atoms with van der Waals surface area (Å²) in [5, 5.41) is 0.480. The van der Waals surface area contributed by atoms with Crippen molar-refractivity contribution in [3.05, 3.63) is 54.4 Å². The minimum absolute atomic E-state index is 0.325. The molecule has 0 radical (unpaired) electrons. The van der Waals surface area contributed by atoms with Crippen molar-refractivity contribution in [3.63, 3.8) is 0 Å². The first-order chi connectivity index (χ1) is 9.56. The molecule has 2 aromatic rings. The van der Waals surface area contributed by atoms with E-state index in [1.807, 2.05) is 11.8 Å². The second kappa shape index (κ2) is 5.97. The Labute approximate surface area is 138 Å². The van der Waals surface area contributed by atoms with Gasteiger partial charge in [0.1, 0.15) is 5.82 Å². The highest BCUT2D eigenvalue weighted by atomic mass is 79.9. The summed E-state index contributed by atoms with van der Waals surface area (Å²) >= 11 is 12.9. The fraction of sp³-hybridized carbons (Fsp3) is 0.286. The Morgan fingerprint density at radius 1 is 1.35 bits per heavy atom. The molecule has 0 saturated carbocycles. The highest BCUT2D eigenvalue weighted by Gasteiger charge is 2.21. The third-order valence-electron chi connectivity index (χ3n) is 3.33. The van der Waals surface area contributed by atoms with Gasteiger partial charge in [0.2, 0.25) is 0 Å². The number of rotatable bonds is 2. The van der Waals surface area contributed by atoms with Gasteiger partial charge in [-0.25, -0.2) is 4.39 Å². The molecule has 1 aliphatic heterocycles. The third-order valence-corrected chi connectivity index (χ3v) is 6.85. The van der Waals surface area contributed by atoms with E-state index in [1.54, 1.807) is 17.4 Å². The van der Waals surface area contributed by atoms with Crippen LogP contribution in [0.25, 0.3) is 0 Å². The van der Waals surface area contributed by atoms with Crippen LogP contribution in [-0.4, -0.2) is 5.75 Å². The van der Waals surface area contributed by atoms with Crippen molar-refractivity contribution in [2.45, 2.75) is 18.2 Å². The molecule has 1 nitrogen and oxygen atoms in total. The van der Waals surface area contributed by atoms with Crippen molar-refractivity contribution in [1.29, 1.82) is 0 Å². The van der Waals surface area contributed by atoms with Crippen LogP contribution in [0, 0.1) is 5.82 Å². The third kappa shape index (κ3) is 2.79. The predicted molar refractivity (Wildman–Crippen MR) is 89.3 cm³/mol. The van der Waals surface area contributed by atoms with E-state index < -0.39 is 6.04 Å². The Kier molecular flexibility index (Phi) is 4.43. The molecule has 106 valence electrons. The minimum atomic E-state index is -0.457. The summed E-state index contributed by atoms with van der Waals surface area (Å²) in [5.41, 5.74) is 8.03. The van der Waals surface area contributed by atoms with Gasteiger partial charge in [0, 0.05) is 25.5 Å². The topological polar surface area (TPSA) is 26.0 Å². The smallest absolute Gasteiger partial charge is 0.129 e. The van der Waals surface area contributed by atoms with Crippen molar-refractivity contribution in [2.24, 2.45) is 5.73 Å². The molecular formula is C14H12BrClFNS2. The van der Waals surface area contributed by atoms with Crippen molar-refractivity contribution in [1.82, 2.24) is 0 Å². The fourth-order valence-electron chi connectivity index (χ4n) is 2.25. The van der Waals surface area contributed by atoms with E-state index in [0.717, 1.165) is 22.8 Å². The second-order valence-electron chi connectivity index (χ2n) is 4.67. The van der Waals surface area contributed by atoms with Crippen molar-refractivity contribution >= 4 is 50.6 Å². The molecule has 1 unspecified atom stereocenters. The summed E-state index contributed by atoms with van der Waals surface area (Å²) in [7, 11) is 0. The SMILES string of the molecule is NC(c1cc2c(s1)CCSC2)c1cc(Cl)c(Br)cc1F. The minimum Gasteiger partial charge on any atom is -0.320 e. The van der Waals surface area contributed by atoms with E-state index in [0.29, 0.717) is 15.1 Å². The lowest BCUT2D eigenvalue weighted by molar-refractivity contribution is 0.600.